The normalized spacial score (nSPS) is 26.4. The molecule has 27 heteroatoms. The Balaban J connectivity index is 1.03. The van der Waals surface area contributed by atoms with Crippen molar-refractivity contribution in [3.8, 4) is 0 Å². The molecule has 0 saturated carbocycles. The first-order valence-electron chi connectivity index (χ1n) is 22.8. The number of nitrogens with zero attached hydrogens (tertiary/aromatic N) is 4. The van der Waals surface area contributed by atoms with Crippen molar-refractivity contribution in [2.24, 2.45) is 0 Å². The van der Waals surface area contributed by atoms with Crippen molar-refractivity contribution in [2.45, 2.75) is 114 Å². The zero-order valence-electron chi connectivity index (χ0n) is 40.4. The molecule has 3 aliphatic heterocycles. The Bertz CT molecular complexity index is 2830. The standard InChI is InChI=1S/C47H52FN5O18P2S/c1-26(54)61-22-33(48)36-38(63-27(2)55)39(64-28(3)56)41(65-29(4)57)45(67-36)70-72(58,59)71-73(60,74)62-23-34-37-40(69-46(5,6)68-37)44(66-34)53-25-51-35-42(49-24-50-43(35)53)52-47(30-16-10-7-11-17-30,31-18-12-8-13-19-31)32-20-14-9-15-21-32/h7-21,24-25,33-34,36-41,44-45H,22-23H2,1-6H3,(H,58,59)(H,60,74)(H,49,50,52)/t33-,34+,36+,37+,38+,39-,40+,41-,44+,45-,73?/m0/s1. The van der Waals surface area contributed by atoms with Crippen LogP contribution in [0.25, 0.3) is 11.2 Å². The molecule has 2 unspecified atom stereocenters. The van der Waals surface area contributed by atoms with Gasteiger partial charge in [-0.15, -0.1) is 0 Å². The first-order chi connectivity index (χ1) is 35.1. The van der Waals surface area contributed by atoms with E-state index in [0.29, 0.717) is 17.0 Å². The molecule has 0 amide bonds. The van der Waals surface area contributed by atoms with Crippen molar-refractivity contribution in [2.75, 3.05) is 18.5 Å². The minimum Gasteiger partial charge on any atom is -0.463 e. The minimum atomic E-state index is -5.75. The summed E-state index contributed by atoms with van der Waals surface area (Å²) in [5.74, 6) is -4.91. The van der Waals surface area contributed by atoms with Gasteiger partial charge in [0.15, 0.2) is 53.5 Å². The average Bonchev–Trinajstić information content (AvgIpc) is 4.01. The third-order valence-corrected chi connectivity index (χ3v) is 15.3. The Labute approximate surface area is 427 Å². The van der Waals surface area contributed by atoms with Gasteiger partial charge in [0.1, 0.15) is 42.9 Å². The van der Waals surface area contributed by atoms with Gasteiger partial charge in [0, 0.05) is 27.7 Å². The van der Waals surface area contributed by atoms with Crippen molar-refractivity contribution >= 4 is 67.2 Å². The highest BCUT2D eigenvalue weighted by atomic mass is 32.5. The Hall–Kier alpha value is -5.66. The van der Waals surface area contributed by atoms with E-state index in [1.165, 1.54) is 12.7 Å². The number of carbonyl (C=O) groups is 4. The van der Waals surface area contributed by atoms with E-state index in [2.05, 4.69) is 15.3 Å². The first-order valence-corrected chi connectivity index (χ1v) is 26.9. The summed E-state index contributed by atoms with van der Waals surface area (Å²) in [5.41, 5.74) is 2.46. The summed E-state index contributed by atoms with van der Waals surface area (Å²) in [7, 11) is -5.75. The highest BCUT2D eigenvalue weighted by Gasteiger charge is 2.59. The van der Waals surface area contributed by atoms with Gasteiger partial charge in [-0.05, 0) is 42.3 Å². The van der Waals surface area contributed by atoms with E-state index in [9.17, 15) is 33.5 Å². The second-order valence-electron chi connectivity index (χ2n) is 17.6. The van der Waals surface area contributed by atoms with Crippen LogP contribution in [0.2, 0.25) is 0 Å². The number of ether oxygens (including phenoxy) is 8. The molecule has 3 saturated heterocycles. The molecular formula is C47H52FN5O18P2S. The molecule has 74 heavy (non-hydrogen) atoms. The summed E-state index contributed by atoms with van der Waals surface area (Å²) < 4.78 is 92.0. The van der Waals surface area contributed by atoms with Gasteiger partial charge in [-0.3, -0.25) is 28.3 Å². The molecule has 3 fully saturated rings. The molecule has 3 aromatic carbocycles. The molecule has 5 heterocycles. The van der Waals surface area contributed by atoms with Crippen LogP contribution >= 0.6 is 14.5 Å². The Morgan fingerprint density at radius 1 is 0.784 bits per heavy atom. The van der Waals surface area contributed by atoms with E-state index >= 15 is 4.39 Å². The fraction of sp³-hybridized carbons (Fsp3) is 0.426. The minimum absolute atomic E-state index is 0.331. The predicted octanol–water partition coefficient (Wildman–Crippen LogP) is 5.44. The van der Waals surface area contributed by atoms with Gasteiger partial charge in [-0.25, -0.2) is 28.2 Å². The van der Waals surface area contributed by atoms with Crippen molar-refractivity contribution in [3.63, 3.8) is 0 Å². The quantitative estimate of drug-likeness (QED) is 0.0402. The van der Waals surface area contributed by atoms with Gasteiger partial charge in [0.05, 0.1) is 12.9 Å². The number of fused-ring (bicyclic) bond motifs is 2. The van der Waals surface area contributed by atoms with E-state index in [-0.39, 0.29) is 0 Å². The van der Waals surface area contributed by atoms with Crippen LogP contribution in [0.1, 0.15) is 64.5 Å². The fourth-order valence-corrected chi connectivity index (χ4v) is 12.1. The van der Waals surface area contributed by atoms with E-state index in [4.69, 9.17) is 68.0 Å². The zero-order chi connectivity index (χ0) is 53.2. The number of aromatic nitrogens is 4. The van der Waals surface area contributed by atoms with Crippen molar-refractivity contribution in [1.82, 2.24) is 19.5 Å². The molecule has 0 radical (unpaired) electrons. The summed E-state index contributed by atoms with van der Waals surface area (Å²) >= 11 is 5.15. The number of benzene rings is 3. The summed E-state index contributed by atoms with van der Waals surface area (Å²) in [6, 6.07) is 29.7. The van der Waals surface area contributed by atoms with Gasteiger partial charge in [-0.2, -0.15) is 0 Å². The van der Waals surface area contributed by atoms with E-state index in [1.807, 2.05) is 91.0 Å². The number of imidazole rings is 1. The third-order valence-electron chi connectivity index (χ3n) is 11.8. The van der Waals surface area contributed by atoms with Crippen LogP contribution < -0.4 is 5.32 Å². The van der Waals surface area contributed by atoms with Gasteiger partial charge in [-0.1, -0.05) is 91.0 Å². The lowest BCUT2D eigenvalue weighted by Gasteiger charge is -2.44. The number of nitrogens with one attached hydrogen (secondary N) is 1. The molecule has 12 atom stereocenters. The molecule has 5 aromatic rings. The average molecular weight is 1090 g/mol. The third kappa shape index (κ3) is 12.2. The monoisotopic (exact) mass is 1090 g/mol. The number of carbonyl (C=O) groups excluding carboxylic acids is 4. The zero-order valence-corrected chi connectivity index (χ0v) is 43.0. The van der Waals surface area contributed by atoms with Crippen LogP contribution in [-0.4, -0.2) is 127 Å². The molecular weight excluding hydrogens is 1040 g/mol. The number of halogens is 1. The van der Waals surface area contributed by atoms with Crippen molar-refractivity contribution in [3.05, 3.63) is 120 Å². The van der Waals surface area contributed by atoms with Crippen LogP contribution in [0.3, 0.4) is 0 Å². The molecule has 3 N–H and O–H groups in total. The molecule has 8 rings (SSSR count). The maximum atomic E-state index is 15.8. The second-order valence-corrected chi connectivity index (χ2v) is 22.0. The number of rotatable bonds is 19. The number of hydrogen-bond acceptors (Lipinski definition) is 21. The highest BCUT2D eigenvalue weighted by molar-refractivity contribution is 8.08. The van der Waals surface area contributed by atoms with E-state index in [0.717, 1.165) is 44.4 Å². The topological polar surface area (TPSA) is 283 Å². The molecule has 396 valence electrons. The van der Waals surface area contributed by atoms with Crippen molar-refractivity contribution in [1.29, 1.82) is 0 Å². The number of phosphoric ester groups is 1. The molecule has 0 aliphatic carbocycles. The second kappa shape index (κ2) is 22.3. The SMILES string of the molecule is CC(=O)OC[C@H](F)[C@H]1O[C@@H](OP(=O)(O)OP(O)(=S)OC[C@H]2O[C@@H](n3cnc4c(NC(c5ccccc5)(c5ccccc5)c5ccccc5)ncnc43)[C@@H]3OC(C)(C)O[C@@H]32)[C@@H](OC(C)=O)[C@@H](OC(C)=O)[C@@H]1OC(C)=O. The van der Waals surface area contributed by atoms with Gasteiger partial charge in [0.2, 0.25) is 6.29 Å². The van der Waals surface area contributed by atoms with Crippen LogP contribution in [0.4, 0.5) is 10.2 Å². The molecule has 2 aromatic heterocycles. The maximum absolute atomic E-state index is 15.8. The predicted molar refractivity (Wildman–Crippen MR) is 257 cm³/mol. The van der Waals surface area contributed by atoms with Crippen LogP contribution in [-0.2, 0) is 92.3 Å². The van der Waals surface area contributed by atoms with E-state index < -0.39 is 124 Å². The number of anilines is 1. The Kier molecular flexibility index (Phi) is 16.4. The summed E-state index contributed by atoms with van der Waals surface area (Å²) in [6.45, 7) is 0.554. The Morgan fingerprint density at radius 2 is 1.32 bits per heavy atom. The van der Waals surface area contributed by atoms with Gasteiger partial charge < -0.3 is 57.5 Å². The number of hydrogen-bond donors (Lipinski definition) is 3. The summed E-state index contributed by atoms with van der Waals surface area (Å²) in [5, 5.41) is 3.74. The lowest BCUT2D eigenvalue weighted by molar-refractivity contribution is -0.296. The Morgan fingerprint density at radius 3 is 1.88 bits per heavy atom. The number of alkyl halides is 1. The van der Waals surface area contributed by atoms with Crippen LogP contribution in [0, 0.1) is 0 Å². The molecule has 0 spiro atoms. The fourth-order valence-electron chi connectivity index (χ4n) is 9.05. The van der Waals surface area contributed by atoms with Crippen LogP contribution in [0.5, 0.6) is 0 Å². The summed E-state index contributed by atoms with van der Waals surface area (Å²) in [4.78, 5) is 84.7. The number of phosphoric acid groups is 1. The largest absolute Gasteiger partial charge is 0.481 e. The lowest BCUT2D eigenvalue weighted by Crippen LogP contribution is -2.64. The maximum Gasteiger partial charge on any atom is 0.481 e. The molecule has 3 aliphatic rings. The van der Waals surface area contributed by atoms with Crippen molar-refractivity contribution < 1.29 is 89.2 Å². The van der Waals surface area contributed by atoms with Gasteiger partial charge in [0.25, 0.3) is 0 Å². The highest BCUT2D eigenvalue weighted by Crippen LogP contribution is 2.62. The van der Waals surface area contributed by atoms with E-state index in [1.54, 1.807) is 18.4 Å². The molecule has 23 nitrogen and oxygen atoms in total. The van der Waals surface area contributed by atoms with Crippen LogP contribution in [0.15, 0.2) is 104 Å². The smallest absolute Gasteiger partial charge is 0.463 e. The number of esters is 4. The molecule has 0 bridgehead atoms. The van der Waals surface area contributed by atoms with Gasteiger partial charge >= 0.3 is 38.4 Å². The summed E-state index contributed by atoms with van der Waals surface area (Å²) in [6.07, 6.45) is -13.8. The first kappa shape index (κ1) is 54.6. The lowest BCUT2D eigenvalue weighted by atomic mass is 9.77.